The third-order valence-corrected chi connectivity index (χ3v) is 6.67. The van der Waals surface area contributed by atoms with E-state index >= 15 is 0 Å². The molecule has 122 valence electrons. The van der Waals surface area contributed by atoms with Crippen molar-refractivity contribution in [2.45, 2.75) is 38.1 Å². The summed E-state index contributed by atoms with van der Waals surface area (Å²) in [6.45, 7) is 5.27. The summed E-state index contributed by atoms with van der Waals surface area (Å²) >= 11 is 0. The molecule has 0 aromatic carbocycles. The van der Waals surface area contributed by atoms with Gasteiger partial charge in [0.05, 0.1) is 18.1 Å². The van der Waals surface area contributed by atoms with Gasteiger partial charge in [0, 0.05) is 37.7 Å². The van der Waals surface area contributed by atoms with Crippen molar-refractivity contribution in [2.24, 2.45) is 5.41 Å². The molecule has 1 saturated carbocycles. The van der Waals surface area contributed by atoms with Crippen LogP contribution in [-0.4, -0.2) is 70.3 Å². The average Bonchev–Trinajstić information content (AvgIpc) is 3.28. The molecule has 2 aliphatic heterocycles. The number of rotatable bonds is 5. The SMILES string of the molecule is O=S1(=O)CCCN(CC2(CNC3CC3)CCCOC2)CC1. The zero-order valence-electron chi connectivity index (χ0n) is 12.8. The van der Waals surface area contributed by atoms with E-state index in [1.165, 1.54) is 19.3 Å². The second-order valence-electron chi connectivity index (χ2n) is 7.09. The van der Waals surface area contributed by atoms with Crippen molar-refractivity contribution in [2.75, 3.05) is 50.9 Å². The second kappa shape index (κ2) is 6.52. The molecule has 0 aromatic heterocycles. The van der Waals surface area contributed by atoms with Crippen molar-refractivity contribution in [3.05, 3.63) is 0 Å². The largest absolute Gasteiger partial charge is 0.381 e. The van der Waals surface area contributed by atoms with Gasteiger partial charge in [-0.15, -0.1) is 0 Å². The molecule has 0 amide bonds. The van der Waals surface area contributed by atoms with Gasteiger partial charge < -0.3 is 15.0 Å². The van der Waals surface area contributed by atoms with Crippen LogP contribution in [0.15, 0.2) is 0 Å². The highest BCUT2D eigenvalue weighted by Gasteiger charge is 2.37. The molecule has 0 aromatic rings. The van der Waals surface area contributed by atoms with Crippen molar-refractivity contribution >= 4 is 9.84 Å². The van der Waals surface area contributed by atoms with Gasteiger partial charge in [0.1, 0.15) is 0 Å². The highest BCUT2D eigenvalue weighted by Crippen LogP contribution is 2.31. The van der Waals surface area contributed by atoms with E-state index < -0.39 is 9.84 Å². The Morgan fingerprint density at radius 1 is 1.19 bits per heavy atom. The Kier molecular flexibility index (Phi) is 4.88. The molecule has 5 nitrogen and oxygen atoms in total. The number of sulfone groups is 1. The first-order valence-corrected chi connectivity index (χ1v) is 10.1. The molecule has 2 heterocycles. The van der Waals surface area contributed by atoms with Crippen LogP contribution in [0.4, 0.5) is 0 Å². The van der Waals surface area contributed by atoms with E-state index in [1.807, 2.05) is 0 Å². The van der Waals surface area contributed by atoms with Crippen LogP contribution in [0, 0.1) is 5.41 Å². The Morgan fingerprint density at radius 2 is 2.05 bits per heavy atom. The maximum atomic E-state index is 11.7. The van der Waals surface area contributed by atoms with Crippen molar-refractivity contribution in [1.29, 1.82) is 0 Å². The number of hydrogen-bond acceptors (Lipinski definition) is 5. The summed E-state index contributed by atoms with van der Waals surface area (Å²) in [4.78, 5) is 2.35. The Bertz CT molecular complexity index is 442. The maximum Gasteiger partial charge on any atom is 0.151 e. The quantitative estimate of drug-likeness (QED) is 0.807. The van der Waals surface area contributed by atoms with Crippen LogP contribution in [0.3, 0.4) is 0 Å². The summed E-state index contributed by atoms with van der Waals surface area (Å²) in [5.74, 6) is 0.674. The van der Waals surface area contributed by atoms with Crippen LogP contribution in [0.25, 0.3) is 0 Å². The number of ether oxygens (including phenoxy) is 1. The molecule has 1 aliphatic carbocycles. The van der Waals surface area contributed by atoms with Crippen LogP contribution >= 0.6 is 0 Å². The van der Waals surface area contributed by atoms with Crippen molar-refractivity contribution in [3.8, 4) is 0 Å². The summed E-state index contributed by atoms with van der Waals surface area (Å²) in [7, 11) is -2.82. The van der Waals surface area contributed by atoms with Gasteiger partial charge in [-0.1, -0.05) is 0 Å². The summed E-state index contributed by atoms with van der Waals surface area (Å²) in [6, 6.07) is 0.716. The van der Waals surface area contributed by atoms with Gasteiger partial charge in [-0.2, -0.15) is 0 Å². The average molecular weight is 316 g/mol. The van der Waals surface area contributed by atoms with E-state index in [2.05, 4.69) is 10.2 Å². The molecule has 1 N–H and O–H groups in total. The molecule has 6 heteroatoms. The molecule has 0 spiro atoms. The fourth-order valence-corrected chi connectivity index (χ4v) is 4.81. The van der Waals surface area contributed by atoms with Gasteiger partial charge in [-0.05, 0) is 38.6 Å². The van der Waals surface area contributed by atoms with Gasteiger partial charge >= 0.3 is 0 Å². The lowest BCUT2D eigenvalue weighted by Crippen LogP contribution is -2.50. The van der Waals surface area contributed by atoms with E-state index in [4.69, 9.17) is 4.74 Å². The van der Waals surface area contributed by atoms with E-state index in [0.717, 1.165) is 45.7 Å². The van der Waals surface area contributed by atoms with Crippen molar-refractivity contribution < 1.29 is 13.2 Å². The number of nitrogens with one attached hydrogen (secondary N) is 1. The maximum absolute atomic E-state index is 11.7. The lowest BCUT2D eigenvalue weighted by molar-refractivity contribution is -0.0253. The van der Waals surface area contributed by atoms with Gasteiger partial charge in [-0.25, -0.2) is 8.42 Å². The molecule has 1 atom stereocenters. The molecule has 3 fully saturated rings. The normalized spacial score (nSPS) is 34.5. The minimum absolute atomic E-state index is 0.176. The predicted molar refractivity (Wildman–Crippen MR) is 83.2 cm³/mol. The third kappa shape index (κ3) is 4.65. The summed E-state index contributed by atoms with van der Waals surface area (Å²) < 4.78 is 29.3. The smallest absolute Gasteiger partial charge is 0.151 e. The standard InChI is InChI=1S/C15H28N2O3S/c18-21(19)9-2-6-17(7-10-21)12-15(5-1-8-20-13-15)11-16-14-3-4-14/h14,16H,1-13H2. The molecule has 0 bridgehead atoms. The molecule has 3 rings (SSSR count). The molecule has 21 heavy (non-hydrogen) atoms. The van der Waals surface area contributed by atoms with Crippen LogP contribution < -0.4 is 5.32 Å². The molecule has 0 radical (unpaired) electrons. The fourth-order valence-electron chi connectivity index (χ4n) is 3.50. The first-order chi connectivity index (χ1) is 10.1. The Labute approximate surface area is 128 Å². The van der Waals surface area contributed by atoms with Crippen molar-refractivity contribution in [3.63, 3.8) is 0 Å². The summed E-state index contributed by atoms with van der Waals surface area (Å²) in [5.41, 5.74) is 0.176. The fraction of sp³-hybridized carbons (Fsp3) is 1.00. The van der Waals surface area contributed by atoms with Crippen LogP contribution in [0.5, 0.6) is 0 Å². The molecule has 1 unspecified atom stereocenters. The van der Waals surface area contributed by atoms with E-state index in [1.54, 1.807) is 0 Å². The van der Waals surface area contributed by atoms with Gasteiger partial charge in [-0.3, -0.25) is 0 Å². The minimum atomic E-state index is -2.82. The lowest BCUT2D eigenvalue weighted by atomic mass is 9.81. The highest BCUT2D eigenvalue weighted by molar-refractivity contribution is 7.91. The molecular weight excluding hydrogens is 288 g/mol. The van der Waals surface area contributed by atoms with Crippen LogP contribution in [0.2, 0.25) is 0 Å². The Balaban J connectivity index is 1.59. The zero-order valence-corrected chi connectivity index (χ0v) is 13.7. The minimum Gasteiger partial charge on any atom is -0.381 e. The Hall–Kier alpha value is -0.170. The van der Waals surface area contributed by atoms with Crippen molar-refractivity contribution in [1.82, 2.24) is 10.2 Å². The third-order valence-electron chi connectivity index (χ3n) is 4.95. The zero-order chi connectivity index (χ0) is 14.8. The molecule has 2 saturated heterocycles. The number of hydrogen-bond donors (Lipinski definition) is 1. The monoisotopic (exact) mass is 316 g/mol. The summed E-state index contributed by atoms with van der Waals surface area (Å²) in [5, 5.41) is 3.66. The summed E-state index contributed by atoms with van der Waals surface area (Å²) in [6.07, 6.45) is 5.70. The van der Waals surface area contributed by atoms with Crippen LogP contribution in [-0.2, 0) is 14.6 Å². The van der Waals surface area contributed by atoms with Crippen LogP contribution in [0.1, 0.15) is 32.1 Å². The lowest BCUT2D eigenvalue weighted by Gasteiger charge is -2.41. The van der Waals surface area contributed by atoms with Gasteiger partial charge in [0.2, 0.25) is 0 Å². The highest BCUT2D eigenvalue weighted by atomic mass is 32.2. The Morgan fingerprint density at radius 3 is 2.76 bits per heavy atom. The van der Waals surface area contributed by atoms with E-state index in [-0.39, 0.29) is 5.41 Å². The second-order valence-corrected chi connectivity index (χ2v) is 9.40. The predicted octanol–water partition coefficient (Wildman–Crippen LogP) is 0.656. The van der Waals surface area contributed by atoms with E-state index in [9.17, 15) is 8.42 Å². The van der Waals surface area contributed by atoms with E-state index in [0.29, 0.717) is 24.1 Å². The first-order valence-electron chi connectivity index (χ1n) is 8.31. The first kappa shape index (κ1) is 15.7. The van der Waals surface area contributed by atoms with Gasteiger partial charge in [0.25, 0.3) is 0 Å². The topological polar surface area (TPSA) is 58.6 Å². The number of nitrogens with zero attached hydrogens (tertiary/aromatic N) is 1. The van der Waals surface area contributed by atoms with Gasteiger partial charge in [0.15, 0.2) is 9.84 Å². The molecule has 3 aliphatic rings. The molecular formula is C15H28N2O3S.